The largest absolute Gasteiger partial charge is 0.356 e. The van der Waals surface area contributed by atoms with Crippen LogP contribution in [0.1, 0.15) is 44.0 Å². The van der Waals surface area contributed by atoms with Crippen molar-refractivity contribution in [2.24, 2.45) is 5.92 Å². The molecule has 7 nitrogen and oxygen atoms in total. The van der Waals surface area contributed by atoms with Gasteiger partial charge in [0.2, 0.25) is 11.8 Å². The summed E-state index contributed by atoms with van der Waals surface area (Å²) in [5.41, 5.74) is 0.772. The highest BCUT2D eigenvalue weighted by atomic mass is 32.2. The van der Waals surface area contributed by atoms with Crippen molar-refractivity contribution in [2.75, 3.05) is 18.6 Å². The van der Waals surface area contributed by atoms with E-state index in [0.717, 1.165) is 36.5 Å². The van der Waals surface area contributed by atoms with Gasteiger partial charge in [-0.2, -0.15) is 11.8 Å². The summed E-state index contributed by atoms with van der Waals surface area (Å²) in [4.78, 5) is 23.9. The fraction of sp³-hybridized carbons (Fsp3) is 0.556. The summed E-state index contributed by atoms with van der Waals surface area (Å²) in [6, 6.07) is 5.56. The first kappa shape index (κ1) is 18.7. The Kier molecular flexibility index (Phi) is 6.49. The molecule has 3 rings (SSSR count). The van der Waals surface area contributed by atoms with Crippen molar-refractivity contribution in [3.8, 4) is 0 Å². The van der Waals surface area contributed by atoms with E-state index < -0.39 is 0 Å². The molecule has 1 fully saturated rings. The van der Waals surface area contributed by atoms with E-state index in [1.807, 2.05) is 35.1 Å². The van der Waals surface area contributed by atoms with E-state index >= 15 is 0 Å². The fourth-order valence-corrected chi connectivity index (χ4v) is 3.29. The molecule has 2 aromatic rings. The second-order valence-electron chi connectivity index (χ2n) is 6.56. The maximum absolute atomic E-state index is 12.4. The second-order valence-corrected chi connectivity index (χ2v) is 7.54. The van der Waals surface area contributed by atoms with Crippen LogP contribution in [0.4, 0.5) is 0 Å². The molecule has 1 unspecified atom stereocenters. The maximum Gasteiger partial charge on any atom is 0.223 e. The van der Waals surface area contributed by atoms with E-state index in [-0.39, 0.29) is 23.8 Å². The number of carbonyl (C=O) groups is 2. The highest BCUT2D eigenvalue weighted by Crippen LogP contribution is 2.28. The Morgan fingerprint density at radius 1 is 1.35 bits per heavy atom. The quantitative estimate of drug-likeness (QED) is 0.620. The summed E-state index contributed by atoms with van der Waals surface area (Å²) in [6.07, 6.45) is 7.77. The van der Waals surface area contributed by atoms with Gasteiger partial charge in [0.25, 0.3) is 0 Å². The fourth-order valence-electron chi connectivity index (χ4n) is 2.82. The molecular weight excluding hydrogens is 350 g/mol. The first-order chi connectivity index (χ1) is 12.7. The van der Waals surface area contributed by atoms with Crippen LogP contribution in [0.15, 0.2) is 24.4 Å². The number of amides is 2. The first-order valence-electron chi connectivity index (χ1n) is 9.04. The highest BCUT2D eigenvalue weighted by molar-refractivity contribution is 7.98. The zero-order valence-electron chi connectivity index (χ0n) is 15.0. The van der Waals surface area contributed by atoms with Crippen molar-refractivity contribution in [1.29, 1.82) is 0 Å². The Hall–Kier alpha value is -2.09. The van der Waals surface area contributed by atoms with E-state index in [0.29, 0.717) is 19.4 Å². The van der Waals surface area contributed by atoms with Crippen LogP contribution >= 0.6 is 11.8 Å². The zero-order valence-corrected chi connectivity index (χ0v) is 15.8. The topological polar surface area (TPSA) is 88.4 Å². The third-order valence-corrected chi connectivity index (χ3v) is 5.07. The predicted octanol–water partition coefficient (Wildman–Crippen LogP) is 1.95. The molecule has 0 bridgehead atoms. The molecular formula is C18H25N5O2S. The SMILES string of the molecule is CSCCC(NC(=O)CCCNC(=O)C1CC1)c1nnc2ccccn12. The van der Waals surface area contributed by atoms with Gasteiger partial charge in [-0.05, 0) is 49.8 Å². The van der Waals surface area contributed by atoms with Crippen LogP contribution in [0.2, 0.25) is 0 Å². The lowest BCUT2D eigenvalue weighted by Crippen LogP contribution is -2.31. The maximum atomic E-state index is 12.4. The number of nitrogens with zero attached hydrogens (tertiary/aromatic N) is 3. The summed E-state index contributed by atoms with van der Waals surface area (Å²) in [7, 11) is 0. The number of nitrogens with one attached hydrogen (secondary N) is 2. The molecule has 1 atom stereocenters. The number of rotatable bonds is 10. The van der Waals surface area contributed by atoms with Crippen molar-refractivity contribution in [3.05, 3.63) is 30.2 Å². The van der Waals surface area contributed by atoms with Crippen LogP contribution in [0.5, 0.6) is 0 Å². The number of pyridine rings is 1. The lowest BCUT2D eigenvalue weighted by atomic mass is 10.2. The van der Waals surface area contributed by atoms with Crippen LogP contribution in [-0.4, -0.2) is 45.0 Å². The molecule has 0 saturated heterocycles. The summed E-state index contributed by atoms with van der Waals surface area (Å²) in [6.45, 7) is 0.548. The number of hydrogen-bond acceptors (Lipinski definition) is 5. The molecule has 26 heavy (non-hydrogen) atoms. The second kappa shape index (κ2) is 9.02. The van der Waals surface area contributed by atoms with Crippen LogP contribution in [-0.2, 0) is 9.59 Å². The summed E-state index contributed by atoms with van der Waals surface area (Å²) in [5, 5.41) is 14.4. The van der Waals surface area contributed by atoms with Gasteiger partial charge in [0, 0.05) is 25.1 Å². The van der Waals surface area contributed by atoms with Crippen LogP contribution in [0.25, 0.3) is 5.65 Å². The number of carbonyl (C=O) groups excluding carboxylic acids is 2. The van der Waals surface area contributed by atoms with E-state index in [2.05, 4.69) is 20.8 Å². The highest BCUT2D eigenvalue weighted by Gasteiger charge is 2.29. The van der Waals surface area contributed by atoms with Crippen molar-refractivity contribution in [1.82, 2.24) is 25.2 Å². The molecule has 0 aromatic carbocycles. The summed E-state index contributed by atoms with van der Waals surface area (Å²) in [5.74, 6) is 1.98. The Morgan fingerprint density at radius 2 is 2.19 bits per heavy atom. The molecule has 2 aromatic heterocycles. The van der Waals surface area contributed by atoms with Crippen LogP contribution < -0.4 is 10.6 Å². The Morgan fingerprint density at radius 3 is 2.96 bits per heavy atom. The van der Waals surface area contributed by atoms with Crippen molar-refractivity contribution >= 4 is 29.2 Å². The van der Waals surface area contributed by atoms with Gasteiger partial charge in [-0.1, -0.05) is 6.07 Å². The van der Waals surface area contributed by atoms with E-state index in [1.54, 1.807) is 11.8 Å². The molecule has 2 N–H and O–H groups in total. The molecule has 1 saturated carbocycles. The first-order valence-corrected chi connectivity index (χ1v) is 10.4. The van der Waals surface area contributed by atoms with Gasteiger partial charge in [-0.15, -0.1) is 10.2 Å². The Balaban J connectivity index is 1.53. The predicted molar refractivity (Wildman–Crippen MR) is 102 cm³/mol. The lowest BCUT2D eigenvalue weighted by molar-refractivity contribution is -0.124. The standard InChI is InChI=1S/C18H25N5O2S/c1-26-12-9-14(17-22-21-15-5-2-3-11-23(15)17)20-16(24)6-4-10-19-18(25)13-7-8-13/h2-3,5,11,13-14H,4,6-10,12H2,1H3,(H,19,25)(H,20,24). The smallest absolute Gasteiger partial charge is 0.223 e. The number of thioether (sulfide) groups is 1. The van der Waals surface area contributed by atoms with Gasteiger partial charge in [0.15, 0.2) is 11.5 Å². The number of aromatic nitrogens is 3. The van der Waals surface area contributed by atoms with Crippen LogP contribution in [0.3, 0.4) is 0 Å². The van der Waals surface area contributed by atoms with Gasteiger partial charge >= 0.3 is 0 Å². The molecule has 140 valence electrons. The molecule has 0 radical (unpaired) electrons. The lowest BCUT2D eigenvalue weighted by Gasteiger charge is -2.17. The van der Waals surface area contributed by atoms with Gasteiger partial charge < -0.3 is 10.6 Å². The molecule has 8 heteroatoms. The van der Waals surface area contributed by atoms with Crippen molar-refractivity contribution in [2.45, 2.75) is 38.1 Å². The Labute approximate surface area is 157 Å². The number of hydrogen-bond donors (Lipinski definition) is 2. The minimum atomic E-state index is -0.173. The van der Waals surface area contributed by atoms with Crippen molar-refractivity contribution < 1.29 is 9.59 Å². The monoisotopic (exact) mass is 375 g/mol. The molecule has 0 spiro atoms. The van der Waals surface area contributed by atoms with E-state index in [9.17, 15) is 9.59 Å². The summed E-state index contributed by atoms with van der Waals surface area (Å²) >= 11 is 1.74. The third-order valence-electron chi connectivity index (χ3n) is 4.43. The van der Waals surface area contributed by atoms with E-state index in [1.165, 1.54) is 0 Å². The van der Waals surface area contributed by atoms with E-state index in [4.69, 9.17) is 0 Å². The van der Waals surface area contributed by atoms with Gasteiger partial charge in [-0.25, -0.2) is 0 Å². The minimum Gasteiger partial charge on any atom is -0.356 e. The molecule has 2 amide bonds. The minimum absolute atomic E-state index is 0.0237. The zero-order chi connectivity index (χ0) is 18.4. The average Bonchev–Trinajstić information content (AvgIpc) is 3.42. The number of fused-ring (bicyclic) bond motifs is 1. The molecule has 2 heterocycles. The van der Waals surface area contributed by atoms with Crippen LogP contribution in [0, 0.1) is 5.92 Å². The molecule has 1 aliphatic rings. The van der Waals surface area contributed by atoms with Crippen molar-refractivity contribution in [3.63, 3.8) is 0 Å². The van der Waals surface area contributed by atoms with Gasteiger partial charge in [-0.3, -0.25) is 14.0 Å². The average molecular weight is 375 g/mol. The molecule has 0 aliphatic heterocycles. The van der Waals surface area contributed by atoms with Gasteiger partial charge in [0.05, 0.1) is 6.04 Å². The normalized spacial score (nSPS) is 15.0. The summed E-state index contributed by atoms with van der Waals surface area (Å²) < 4.78 is 1.92. The Bertz CT molecular complexity index is 759. The van der Waals surface area contributed by atoms with Gasteiger partial charge in [0.1, 0.15) is 0 Å². The molecule has 1 aliphatic carbocycles. The third kappa shape index (κ3) is 4.97.